The molecule has 2 amide bonds. The standard InChI is InChI=1S/C23H25ClN2O10S.Na/c1-12(27)35-10-14-11-37(32,33)22-17(21(29)26(22)18(14)23(30)31)25-20(28)19(13-5-4-6-15(24)9-13)36-16-7-2-3-8-34-16;/h4-6,9,16-17,19,22H,2-3,7-8,10-11H2,1H3,(H,25,28)(H,30,31);/q;+1/p-1/t16?,17-,19?,22-;/m0./s1. The summed E-state index contributed by atoms with van der Waals surface area (Å²) in [7, 11) is -4.18. The molecule has 200 valence electrons. The molecule has 1 N–H and O–H groups in total. The molecule has 3 aliphatic heterocycles. The molecule has 15 heteroatoms. The third-order valence-electron chi connectivity index (χ3n) is 6.12. The van der Waals surface area contributed by atoms with Crippen molar-refractivity contribution >= 4 is 45.2 Å². The van der Waals surface area contributed by atoms with Crippen LogP contribution in [-0.2, 0) is 43.2 Å². The van der Waals surface area contributed by atoms with Gasteiger partial charge < -0.3 is 29.4 Å². The number of aliphatic carboxylic acids is 1. The van der Waals surface area contributed by atoms with Gasteiger partial charge in [0.05, 0.1) is 17.4 Å². The zero-order valence-corrected chi connectivity index (χ0v) is 24.2. The summed E-state index contributed by atoms with van der Waals surface area (Å²) in [5.74, 6) is -5.17. The Balaban J connectivity index is 0.00000400. The number of carboxylic acid groups (broad SMARTS) is 1. The van der Waals surface area contributed by atoms with Crippen molar-refractivity contribution in [2.45, 2.75) is 50.0 Å². The largest absolute Gasteiger partial charge is 1.00 e. The molecule has 38 heavy (non-hydrogen) atoms. The number of hydrogen-bond donors (Lipinski definition) is 1. The predicted octanol–water partition coefficient (Wildman–Crippen LogP) is -3.42. The number of nitrogens with one attached hydrogen (secondary N) is 1. The molecule has 4 atom stereocenters. The molecule has 2 fully saturated rings. The summed E-state index contributed by atoms with van der Waals surface area (Å²) in [5, 5.41) is 12.8. The first kappa shape index (κ1) is 30.5. The Kier molecular flexibility index (Phi) is 10.0. The minimum Gasteiger partial charge on any atom is -0.543 e. The van der Waals surface area contributed by atoms with Crippen LogP contribution in [0.25, 0.3) is 0 Å². The number of esters is 1. The smallest absolute Gasteiger partial charge is 0.543 e. The first-order valence-electron chi connectivity index (χ1n) is 11.4. The average Bonchev–Trinajstić information content (AvgIpc) is 2.84. The van der Waals surface area contributed by atoms with E-state index in [-0.39, 0.29) is 35.1 Å². The van der Waals surface area contributed by atoms with Crippen molar-refractivity contribution in [3.8, 4) is 0 Å². The van der Waals surface area contributed by atoms with Crippen molar-refractivity contribution < 1.29 is 76.5 Å². The van der Waals surface area contributed by atoms with Gasteiger partial charge in [0.1, 0.15) is 12.6 Å². The number of rotatable bonds is 8. The number of β-lactam (4-membered cyclic amide) rings is 1. The number of carboxylic acids is 1. The maximum absolute atomic E-state index is 13.3. The third kappa shape index (κ3) is 6.41. The molecule has 0 bridgehead atoms. The fourth-order valence-electron chi connectivity index (χ4n) is 4.47. The number of amides is 2. The second kappa shape index (κ2) is 12.5. The van der Waals surface area contributed by atoms with Gasteiger partial charge in [-0.2, -0.15) is 0 Å². The SMILES string of the molecule is CC(=O)OCC1=C(C(=O)[O-])N2C(=O)[C@H](NC(=O)C(OC3CCCCO3)c3cccc(Cl)c3)[C@@H]2S(=O)(=O)C1.[Na+]. The number of benzene rings is 1. The summed E-state index contributed by atoms with van der Waals surface area (Å²) in [4.78, 5) is 49.8. The Bertz CT molecular complexity index is 1260. The van der Waals surface area contributed by atoms with Gasteiger partial charge in [0.2, 0.25) is 0 Å². The Labute approximate surface area is 245 Å². The zero-order chi connectivity index (χ0) is 26.9. The van der Waals surface area contributed by atoms with Crippen LogP contribution < -0.4 is 40.0 Å². The van der Waals surface area contributed by atoms with Gasteiger partial charge in [0.15, 0.2) is 27.6 Å². The zero-order valence-electron chi connectivity index (χ0n) is 20.7. The second-order valence-corrected chi connectivity index (χ2v) is 11.3. The fraction of sp³-hybridized carbons (Fsp3) is 0.478. The maximum atomic E-state index is 13.3. The average molecular weight is 579 g/mol. The van der Waals surface area contributed by atoms with Gasteiger partial charge in [0, 0.05) is 24.1 Å². The van der Waals surface area contributed by atoms with E-state index in [2.05, 4.69) is 5.32 Å². The van der Waals surface area contributed by atoms with Gasteiger partial charge in [0.25, 0.3) is 11.8 Å². The van der Waals surface area contributed by atoms with E-state index in [9.17, 15) is 32.7 Å². The predicted molar refractivity (Wildman–Crippen MR) is 124 cm³/mol. The van der Waals surface area contributed by atoms with E-state index < -0.39 is 75.5 Å². The molecular formula is C23H24ClN2NaO10S. The van der Waals surface area contributed by atoms with Gasteiger partial charge in [-0.1, -0.05) is 23.7 Å². The molecule has 3 aliphatic rings. The molecule has 0 aromatic heterocycles. The van der Waals surface area contributed by atoms with E-state index in [4.69, 9.17) is 25.8 Å². The number of ether oxygens (including phenoxy) is 3. The van der Waals surface area contributed by atoms with Crippen molar-refractivity contribution in [2.75, 3.05) is 19.0 Å². The molecule has 0 spiro atoms. The molecule has 1 aromatic rings. The number of nitrogens with zero attached hydrogens (tertiary/aromatic N) is 1. The Morgan fingerprint density at radius 1 is 1.29 bits per heavy atom. The third-order valence-corrected chi connectivity index (χ3v) is 8.32. The van der Waals surface area contributed by atoms with Crippen LogP contribution in [0.1, 0.15) is 37.9 Å². The van der Waals surface area contributed by atoms with Gasteiger partial charge in [-0.25, -0.2) is 8.42 Å². The van der Waals surface area contributed by atoms with E-state index in [1.54, 1.807) is 18.2 Å². The monoisotopic (exact) mass is 578 g/mol. The molecule has 0 saturated carbocycles. The van der Waals surface area contributed by atoms with Crippen molar-refractivity contribution in [3.63, 3.8) is 0 Å². The minimum atomic E-state index is -4.18. The van der Waals surface area contributed by atoms with E-state index in [0.717, 1.165) is 19.8 Å². The molecule has 3 heterocycles. The fourth-order valence-corrected chi connectivity index (χ4v) is 6.68. The van der Waals surface area contributed by atoms with Gasteiger partial charge in [-0.15, -0.1) is 0 Å². The number of halogens is 1. The van der Waals surface area contributed by atoms with Crippen LogP contribution >= 0.6 is 11.6 Å². The molecule has 0 radical (unpaired) electrons. The molecular weight excluding hydrogens is 555 g/mol. The summed E-state index contributed by atoms with van der Waals surface area (Å²) in [5.41, 5.74) is -0.651. The molecule has 0 aliphatic carbocycles. The van der Waals surface area contributed by atoms with E-state index in [0.29, 0.717) is 28.5 Å². The quantitative estimate of drug-likeness (QED) is 0.186. The van der Waals surface area contributed by atoms with Crippen LogP contribution in [0.3, 0.4) is 0 Å². The first-order chi connectivity index (χ1) is 17.5. The van der Waals surface area contributed by atoms with Crippen LogP contribution in [0, 0.1) is 0 Å². The minimum absolute atomic E-state index is 0. The van der Waals surface area contributed by atoms with Crippen LogP contribution in [0.15, 0.2) is 35.5 Å². The Morgan fingerprint density at radius 2 is 2.03 bits per heavy atom. The van der Waals surface area contributed by atoms with Crippen molar-refractivity contribution in [1.82, 2.24) is 10.2 Å². The van der Waals surface area contributed by atoms with Crippen molar-refractivity contribution in [2.24, 2.45) is 0 Å². The summed E-state index contributed by atoms with van der Waals surface area (Å²) in [6, 6.07) is 4.72. The van der Waals surface area contributed by atoms with Crippen LogP contribution in [0.2, 0.25) is 5.02 Å². The Morgan fingerprint density at radius 3 is 2.63 bits per heavy atom. The molecule has 4 rings (SSSR count). The summed E-state index contributed by atoms with van der Waals surface area (Å²) in [6.07, 6.45) is 0.201. The normalized spacial score (nSPS) is 24.8. The molecule has 12 nitrogen and oxygen atoms in total. The second-order valence-electron chi connectivity index (χ2n) is 8.78. The van der Waals surface area contributed by atoms with Crippen molar-refractivity contribution in [1.29, 1.82) is 0 Å². The van der Waals surface area contributed by atoms with E-state index >= 15 is 0 Å². The van der Waals surface area contributed by atoms with Crippen LogP contribution in [0.5, 0.6) is 0 Å². The summed E-state index contributed by atoms with van der Waals surface area (Å²) in [6.45, 7) is 0.868. The van der Waals surface area contributed by atoms with Gasteiger partial charge >= 0.3 is 35.5 Å². The summed E-state index contributed by atoms with van der Waals surface area (Å²) >= 11 is 6.08. The number of carbonyl (C=O) groups is 4. The molecule has 2 unspecified atom stereocenters. The summed E-state index contributed by atoms with van der Waals surface area (Å²) < 4.78 is 42.2. The molecule has 2 saturated heterocycles. The molecule has 1 aromatic carbocycles. The van der Waals surface area contributed by atoms with E-state index in [1.807, 2.05) is 0 Å². The maximum Gasteiger partial charge on any atom is 1.00 e. The number of hydrogen-bond acceptors (Lipinski definition) is 10. The Hall–Kier alpha value is -2.00. The van der Waals surface area contributed by atoms with Crippen LogP contribution in [-0.4, -0.2) is 73.7 Å². The number of carbonyl (C=O) groups excluding carboxylic acids is 4. The number of sulfone groups is 1. The van der Waals surface area contributed by atoms with Crippen LogP contribution in [0.4, 0.5) is 0 Å². The first-order valence-corrected chi connectivity index (χ1v) is 13.5. The topological polar surface area (TPSA) is 168 Å². The van der Waals surface area contributed by atoms with Gasteiger partial charge in [-0.05, 0) is 37.0 Å². The van der Waals surface area contributed by atoms with Gasteiger partial charge in [-0.3, -0.25) is 19.3 Å². The van der Waals surface area contributed by atoms with E-state index in [1.165, 1.54) is 6.07 Å². The van der Waals surface area contributed by atoms with Crippen molar-refractivity contribution in [3.05, 3.63) is 46.1 Å². The number of fused-ring (bicyclic) bond motifs is 1.